The zero-order valence-corrected chi connectivity index (χ0v) is 10.5. The van der Waals surface area contributed by atoms with E-state index in [1.165, 1.54) is 21.7 Å². The van der Waals surface area contributed by atoms with E-state index in [4.69, 9.17) is 5.26 Å². The van der Waals surface area contributed by atoms with E-state index in [1.807, 2.05) is 6.07 Å². The van der Waals surface area contributed by atoms with Gasteiger partial charge in [-0.15, -0.1) is 0 Å². The molecule has 0 aliphatic rings. The van der Waals surface area contributed by atoms with E-state index in [1.54, 1.807) is 26.4 Å². The van der Waals surface area contributed by atoms with Gasteiger partial charge in [0.25, 0.3) is 5.91 Å². The molecule has 1 aromatic carbocycles. The Bertz CT molecular complexity index is 670. The molecule has 1 heterocycles. The monoisotopic (exact) mass is 258 g/mol. The second-order valence-corrected chi connectivity index (χ2v) is 4.12. The molecule has 0 N–H and O–H groups in total. The minimum Gasteiger partial charge on any atom is -0.343 e. The molecular weight excluding hydrogens is 247 g/mol. The number of aromatic nitrogens is 2. The fraction of sp³-hybridized carbons (Fsp3) is 0.154. The van der Waals surface area contributed by atoms with Crippen LogP contribution in [0.1, 0.15) is 16.1 Å². The maximum absolute atomic E-state index is 13.0. The Kier molecular flexibility index (Phi) is 3.29. The highest BCUT2D eigenvalue weighted by atomic mass is 19.1. The third-order valence-electron chi connectivity index (χ3n) is 2.54. The predicted octanol–water partition coefficient (Wildman–Crippen LogP) is 1.58. The van der Waals surface area contributed by atoms with Crippen LogP contribution in [0.2, 0.25) is 0 Å². The number of hydrogen-bond acceptors (Lipinski definition) is 3. The van der Waals surface area contributed by atoms with Crippen LogP contribution in [0.25, 0.3) is 5.69 Å². The minimum atomic E-state index is -0.489. The molecule has 19 heavy (non-hydrogen) atoms. The van der Waals surface area contributed by atoms with E-state index in [9.17, 15) is 9.18 Å². The highest BCUT2D eigenvalue weighted by Crippen LogP contribution is 2.15. The van der Waals surface area contributed by atoms with Gasteiger partial charge in [0, 0.05) is 20.3 Å². The number of rotatable bonds is 2. The van der Waals surface area contributed by atoms with Crippen molar-refractivity contribution < 1.29 is 9.18 Å². The maximum atomic E-state index is 13.0. The number of amides is 1. The topological polar surface area (TPSA) is 61.9 Å². The third kappa shape index (κ3) is 2.45. The van der Waals surface area contributed by atoms with Crippen LogP contribution in [-0.2, 0) is 0 Å². The SMILES string of the molecule is CN(C)C(=O)c1ccn(-c2ccc(F)cc2C#N)n1. The van der Waals surface area contributed by atoms with Crippen molar-refractivity contribution in [3.05, 3.63) is 47.5 Å². The first-order chi connectivity index (χ1) is 9.02. The lowest BCUT2D eigenvalue weighted by molar-refractivity contribution is 0.0821. The molecule has 6 heteroatoms. The van der Waals surface area contributed by atoms with Crippen molar-refractivity contribution >= 4 is 5.91 Å². The number of nitrogens with zero attached hydrogens (tertiary/aromatic N) is 4. The molecule has 0 bridgehead atoms. The van der Waals surface area contributed by atoms with Crippen LogP contribution in [0.5, 0.6) is 0 Å². The number of nitriles is 1. The fourth-order valence-electron chi connectivity index (χ4n) is 1.60. The van der Waals surface area contributed by atoms with Crippen LogP contribution in [0.15, 0.2) is 30.5 Å². The Balaban J connectivity index is 2.44. The van der Waals surface area contributed by atoms with Gasteiger partial charge in [0.2, 0.25) is 0 Å². The molecule has 1 aromatic heterocycles. The largest absolute Gasteiger partial charge is 0.343 e. The molecule has 2 aromatic rings. The van der Waals surface area contributed by atoms with Crippen LogP contribution in [-0.4, -0.2) is 34.7 Å². The molecular formula is C13H11FN4O. The Morgan fingerprint density at radius 1 is 1.42 bits per heavy atom. The molecule has 0 fully saturated rings. The highest BCUT2D eigenvalue weighted by molar-refractivity contribution is 5.91. The quantitative estimate of drug-likeness (QED) is 0.821. The standard InChI is InChI=1S/C13H11FN4O/c1-17(2)13(19)11-5-6-18(16-11)12-4-3-10(14)7-9(12)8-15/h3-7H,1-2H3. The third-order valence-corrected chi connectivity index (χ3v) is 2.54. The molecule has 96 valence electrons. The fourth-order valence-corrected chi connectivity index (χ4v) is 1.60. The smallest absolute Gasteiger partial charge is 0.273 e. The van der Waals surface area contributed by atoms with Gasteiger partial charge in [-0.3, -0.25) is 4.79 Å². The lowest BCUT2D eigenvalue weighted by Crippen LogP contribution is -2.22. The van der Waals surface area contributed by atoms with E-state index in [0.29, 0.717) is 5.69 Å². The summed E-state index contributed by atoms with van der Waals surface area (Å²) in [7, 11) is 3.25. The molecule has 5 nitrogen and oxygen atoms in total. The second kappa shape index (κ2) is 4.90. The van der Waals surface area contributed by atoms with Gasteiger partial charge in [0.05, 0.1) is 11.3 Å². The molecule has 2 rings (SSSR count). The van der Waals surface area contributed by atoms with E-state index in [0.717, 1.165) is 6.07 Å². The van der Waals surface area contributed by atoms with E-state index < -0.39 is 5.82 Å². The minimum absolute atomic E-state index is 0.159. The maximum Gasteiger partial charge on any atom is 0.273 e. The van der Waals surface area contributed by atoms with Crippen LogP contribution >= 0.6 is 0 Å². The van der Waals surface area contributed by atoms with Gasteiger partial charge in [0.1, 0.15) is 11.9 Å². The van der Waals surface area contributed by atoms with E-state index in [2.05, 4.69) is 5.10 Å². The molecule has 0 saturated heterocycles. The molecule has 0 aliphatic heterocycles. The van der Waals surface area contributed by atoms with Gasteiger partial charge in [-0.1, -0.05) is 0 Å². The summed E-state index contributed by atoms with van der Waals surface area (Å²) in [6.07, 6.45) is 1.56. The molecule has 0 spiro atoms. The normalized spacial score (nSPS) is 10.0. The second-order valence-electron chi connectivity index (χ2n) is 4.12. The summed E-state index contributed by atoms with van der Waals surface area (Å²) in [5.74, 6) is -0.726. The van der Waals surface area contributed by atoms with Crippen LogP contribution < -0.4 is 0 Å². The first-order valence-electron chi connectivity index (χ1n) is 5.50. The predicted molar refractivity (Wildman–Crippen MR) is 66.3 cm³/mol. The molecule has 0 saturated carbocycles. The number of halogens is 1. The lowest BCUT2D eigenvalue weighted by Gasteiger charge is -2.07. The Morgan fingerprint density at radius 2 is 2.16 bits per heavy atom. The first kappa shape index (κ1) is 12.8. The van der Waals surface area contributed by atoms with Crippen molar-refractivity contribution in [1.82, 2.24) is 14.7 Å². The number of carbonyl (C=O) groups is 1. The zero-order chi connectivity index (χ0) is 14.0. The molecule has 0 radical (unpaired) electrons. The van der Waals surface area contributed by atoms with Crippen molar-refractivity contribution in [2.75, 3.05) is 14.1 Å². The van der Waals surface area contributed by atoms with E-state index in [-0.39, 0.29) is 17.2 Å². The Morgan fingerprint density at radius 3 is 2.79 bits per heavy atom. The van der Waals surface area contributed by atoms with Gasteiger partial charge >= 0.3 is 0 Å². The van der Waals surface area contributed by atoms with Crippen molar-refractivity contribution in [2.45, 2.75) is 0 Å². The Hall–Kier alpha value is -2.68. The number of carbonyl (C=O) groups excluding carboxylic acids is 1. The van der Waals surface area contributed by atoms with Gasteiger partial charge in [0.15, 0.2) is 5.69 Å². The highest BCUT2D eigenvalue weighted by Gasteiger charge is 2.13. The summed E-state index contributed by atoms with van der Waals surface area (Å²) in [4.78, 5) is 13.1. The van der Waals surface area contributed by atoms with E-state index >= 15 is 0 Å². The average molecular weight is 258 g/mol. The molecule has 0 atom stereocenters. The zero-order valence-electron chi connectivity index (χ0n) is 10.5. The summed E-state index contributed by atoms with van der Waals surface area (Å²) in [5, 5.41) is 13.1. The van der Waals surface area contributed by atoms with Gasteiger partial charge in [-0.25, -0.2) is 9.07 Å². The number of hydrogen-bond donors (Lipinski definition) is 0. The average Bonchev–Trinajstić information content (AvgIpc) is 2.86. The van der Waals surface area contributed by atoms with Gasteiger partial charge in [-0.05, 0) is 24.3 Å². The van der Waals surface area contributed by atoms with Crippen LogP contribution in [0.4, 0.5) is 4.39 Å². The van der Waals surface area contributed by atoms with Crippen LogP contribution in [0.3, 0.4) is 0 Å². The van der Waals surface area contributed by atoms with Crippen molar-refractivity contribution in [1.29, 1.82) is 5.26 Å². The summed E-state index contributed by atoms with van der Waals surface area (Å²) >= 11 is 0. The first-order valence-corrected chi connectivity index (χ1v) is 5.50. The summed E-state index contributed by atoms with van der Waals surface area (Å²) < 4.78 is 14.4. The van der Waals surface area contributed by atoms with Crippen molar-refractivity contribution in [3.8, 4) is 11.8 Å². The number of benzene rings is 1. The molecule has 0 aliphatic carbocycles. The summed E-state index contributed by atoms with van der Waals surface area (Å²) in [5.41, 5.74) is 0.854. The van der Waals surface area contributed by atoms with Crippen LogP contribution in [0, 0.1) is 17.1 Å². The molecule has 0 unspecified atom stereocenters. The van der Waals surface area contributed by atoms with Crippen molar-refractivity contribution in [3.63, 3.8) is 0 Å². The lowest BCUT2D eigenvalue weighted by atomic mass is 10.2. The Labute approximate surface area is 109 Å². The van der Waals surface area contributed by atoms with Gasteiger partial charge in [-0.2, -0.15) is 10.4 Å². The summed E-state index contributed by atoms with van der Waals surface area (Å²) in [6, 6.07) is 7.27. The van der Waals surface area contributed by atoms with Crippen molar-refractivity contribution in [2.24, 2.45) is 0 Å². The molecule has 1 amide bonds. The summed E-state index contributed by atoms with van der Waals surface area (Å²) in [6.45, 7) is 0. The van der Waals surface area contributed by atoms with Gasteiger partial charge < -0.3 is 4.90 Å².